The molecule has 0 radical (unpaired) electrons. The highest BCUT2D eigenvalue weighted by atomic mass is 35.5. The molecular formula is C25H25ClN2O5S. The third-order valence-electron chi connectivity index (χ3n) is 5.22. The molecule has 0 aliphatic carbocycles. The molecule has 1 heterocycles. The predicted octanol–water partition coefficient (Wildman–Crippen LogP) is 4.60. The van der Waals surface area contributed by atoms with Crippen LogP contribution in [0.25, 0.3) is 0 Å². The largest absolute Gasteiger partial charge is 0.493 e. The van der Waals surface area contributed by atoms with Crippen LogP contribution in [-0.2, 0) is 14.3 Å². The number of amides is 1. The van der Waals surface area contributed by atoms with Gasteiger partial charge in [0.2, 0.25) is 5.91 Å². The van der Waals surface area contributed by atoms with E-state index < -0.39 is 23.7 Å². The number of methoxy groups -OCH3 is 1. The average molecular weight is 501 g/mol. The van der Waals surface area contributed by atoms with Crippen LogP contribution in [-0.4, -0.2) is 38.0 Å². The van der Waals surface area contributed by atoms with Crippen LogP contribution >= 0.6 is 23.4 Å². The second kappa shape index (κ2) is 11.8. The second-order valence-corrected chi connectivity index (χ2v) is 8.97. The van der Waals surface area contributed by atoms with Crippen LogP contribution in [0.5, 0.6) is 11.5 Å². The minimum atomic E-state index is -1.22. The lowest BCUT2D eigenvalue weighted by Crippen LogP contribution is -2.44. The molecule has 1 N–H and O–H groups in total. The molecule has 7 nitrogen and oxygen atoms in total. The molecule has 178 valence electrons. The van der Waals surface area contributed by atoms with Crippen molar-refractivity contribution in [1.82, 2.24) is 5.32 Å². The van der Waals surface area contributed by atoms with E-state index in [-0.39, 0.29) is 5.57 Å². The summed E-state index contributed by atoms with van der Waals surface area (Å²) in [6.07, 6.45) is 0. The molecule has 3 rings (SSSR count). The van der Waals surface area contributed by atoms with E-state index in [1.807, 2.05) is 38.1 Å². The number of allylic oxidation sites excluding steroid dienone is 1. The van der Waals surface area contributed by atoms with Gasteiger partial charge in [-0.1, -0.05) is 35.4 Å². The van der Waals surface area contributed by atoms with Crippen LogP contribution in [0.4, 0.5) is 0 Å². The Hall–Kier alpha value is -3.15. The van der Waals surface area contributed by atoms with E-state index in [0.29, 0.717) is 40.3 Å². The highest BCUT2D eigenvalue weighted by Gasteiger charge is 2.44. The summed E-state index contributed by atoms with van der Waals surface area (Å²) in [7, 11) is 1.21. The monoisotopic (exact) mass is 500 g/mol. The molecule has 1 aliphatic rings. The van der Waals surface area contributed by atoms with Crippen LogP contribution in [0.15, 0.2) is 53.1 Å². The highest BCUT2D eigenvalue weighted by Crippen LogP contribution is 2.42. The number of carbonyl (C=O) groups is 2. The van der Waals surface area contributed by atoms with Crippen LogP contribution in [0, 0.1) is 24.2 Å². The zero-order chi connectivity index (χ0) is 24.7. The summed E-state index contributed by atoms with van der Waals surface area (Å²) in [5.74, 6) is -1.64. The van der Waals surface area contributed by atoms with E-state index in [9.17, 15) is 14.9 Å². The number of carbonyl (C=O) groups excluding carboxylic acids is 2. The van der Waals surface area contributed by atoms with Crippen molar-refractivity contribution in [1.29, 1.82) is 5.26 Å². The van der Waals surface area contributed by atoms with Crippen molar-refractivity contribution in [2.45, 2.75) is 19.8 Å². The molecule has 34 heavy (non-hydrogen) atoms. The van der Waals surface area contributed by atoms with Crippen molar-refractivity contribution in [3.05, 3.63) is 69.2 Å². The SMILES string of the molecule is CCOc1ccc([C@H]2C(C#N)=C(SCCOc3ccc(C)cc3)NC(=O)[C@H]2C(=O)OC)cc1Cl. The lowest BCUT2D eigenvalue weighted by molar-refractivity contribution is -0.150. The maximum atomic E-state index is 12.9. The lowest BCUT2D eigenvalue weighted by Gasteiger charge is -2.31. The van der Waals surface area contributed by atoms with Gasteiger partial charge in [0.05, 0.1) is 42.0 Å². The molecule has 1 aliphatic heterocycles. The molecule has 0 fully saturated rings. The number of nitrogens with zero attached hydrogens (tertiary/aromatic N) is 1. The van der Waals surface area contributed by atoms with E-state index in [4.69, 9.17) is 25.8 Å². The third-order valence-corrected chi connectivity index (χ3v) is 6.49. The van der Waals surface area contributed by atoms with Gasteiger partial charge in [0.1, 0.15) is 17.4 Å². The van der Waals surface area contributed by atoms with Gasteiger partial charge in [-0.25, -0.2) is 0 Å². The van der Waals surface area contributed by atoms with Gasteiger partial charge >= 0.3 is 5.97 Å². The molecule has 0 unspecified atom stereocenters. The number of hydrogen-bond donors (Lipinski definition) is 1. The summed E-state index contributed by atoms with van der Waals surface area (Å²) in [4.78, 5) is 25.5. The van der Waals surface area contributed by atoms with Gasteiger partial charge in [0, 0.05) is 11.7 Å². The van der Waals surface area contributed by atoms with Gasteiger partial charge in [-0.3, -0.25) is 9.59 Å². The van der Waals surface area contributed by atoms with E-state index in [1.54, 1.807) is 18.2 Å². The lowest BCUT2D eigenvalue weighted by atomic mass is 9.78. The third kappa shape index (κ3) is 5.85. The summed E-state index contributed by atoms with van der Waals surface area (Å²) in [6, 6.07) is 14.8. The number of nitriles is 1. The number of aryl methyl sites for hydroxylation is 1. The van der Waals surface area contributed by atoms with Gasteiger partial charge in [-0.15, -0.1) is 11.8 Å². The van der Waals surface area contributed by atoms with E-state index in [2.05, 4.69) is 11.4 Å². The Bertz CT molecular complexity index is 1130. The van der Waals surface area contributed by atoms with Crippen LogP contribution < -0.4 is 14.8 Å². The van der Waals surface area contributed by atoms with Crippen LogP contribution in [0.3, 0.4) is 0 Å². The Morgan fingerprint density at radius 1 is 1.21 bits per heavy atom. The van der Waals surface area contributed by atoms with Crippen molar-refractivity contribution in [3.8, 4) is 17.6 Å². The van der Waals surface area contributed by atoms with Crippen molar-refractivity contribution >= 4 is 35.2 Å². The van der Waals surface area contributed by atoms with E-state index >= 15 is 0 Å². The van der Waals surface area contributed by atoms with Gasteiger partial charge in [0.25, 0.3) is 0 Å². The molecule has 0 saturated carbocycles. The number of ether oxygens (including phenoxy) is 3. The summed E-state index contributed by atoms with van der Waals surface area (Å²) in [5, 5.41) is 13.4. The molecule has 1 amide bonds. The van der Waals surface area contributed by atoms with Gasteiger partial charge in [0.15, 0.2) is 0 Å². The second-order valence-electron chi connectivity index (χ2n) is 7.46. The summed E-state index contributed by atoms with van der Waals surface area (Å²) >= 11 is 7.64. The van der Waals surface area contributed by atoms with Crippen molar-refractivity contribution < 1.29 is 23.8 Å². The van der Waals surface area contributed by atoms with Crippen molar-refractivity contribution in [2.75, 3.05) is 26.1 Å². The normalized spacial score (nSPS) is 17.6. The maximum absolute atomic E-state index is 12.9. The number of hydrogen-bond acceptors (Lipinski definition) is 7. The molecule has 2 aromatic carbocycles. The van der Waals surface area contributed by atoms with Crippen molar-refractivity contribution in [2.24, 2.45) is 5.92 Å². The Kier molecular flexibility index (Phi) is 8.85. The average Bonchev–Trinajstić information content (AvgIpc) is 2.83. The zero-order valence-corrected chi connectivity index (χ0v) is 20.7. The Morgan fingerprint density at radius 3 is 2.56 bits per heavy atom. The van der Waals surface area contributed by atoms with E-state index in [1.165, 1.54) is 18.9 Å². The fourth-order valence-corrected chi connectivity index (χ4v) is 4.72. The Morgan fingerprint density at radius 2 is 1.94 bits per heavy atom. The van der Waals surface area contributed by atoms with Gasteiger partial charge in [-0.05, 0) is 43.7 Å². The minimum Gasteiger partial charge on any atom is -0.493 e. The molecule has 2 atom stereocenters. The molecule has 0 spiro atoms. The Balaban J connectivity index is 1.87. The van der Waals surface area contributed by atoms with Crippen LogP contribution in [0.1, 0.15) is 24.0 Å². The first-order valence-corrected chi connectivity index (χ1v) is 12.0. The number of rotatable bonds is 9. The summed E-state index contributed by atoms with van der Waals surface area (Å²) in [6.45, 7) is 4.64. The molecular weight excluding hydrogens is 476 g/mol. The first-order valence-electron chi connectivity index (χ1n) is 10.7. The fourth-order valence-electron chi connectivity index (χ4n) is 3.60. The number of esters is 1. The van der Waals surface area contributed by atoms with Crippen molar-refractivity contribution in [3.63, 3.8) is 0 Å². The van der Waals surface area contributed by atoms with Crippen LogP contribution in [0.2, 0.25) is 5.02 Å². The standard InChI is InChI=1S/C25H25ClN2O5S/c1-4-32-20-10-7-16(13-19(20)26)21-18(14-27)24(28-23(29)22(21)25(30)31-3)34-12-11-33-17-8-5-15(2)6-9-17/h5-10,13,21-22H,4,11-12H2,1-3H3,(H,28,29)/t21-,22-/m0/s1. The molecule has 9 heteroatoms. The first-order chi connectivity index (χ1) is 16.4. The molecule has 0 bridgehead atoms. The van der Waals surface area contributed by atoms with Gasteiger partial charge in [-0.2, -0.15) is 5.26 Å². The number of thioether (sulfide) groups is 1. The highest BCUT2D eigenvalue weighted by molar-refractivity contribution is 8.03. The zero-order valence-electron chi connectivity index (χ0n) is 19.1. The number of nitrogens with one attached hydrogen (secondary N) is 1. The first kappa shape index (κ1) is 25.5. The predicted molar refractivity (Wildman–Crippen MR) is 131 cm³/mol. The Labute approximate surface area is 208 Å². The molecule has 0 aromatic heterocycles. The molecule has 0 saturated heterocycles. The summed E-state index contributed by atoms with van der Waals surface area (Å²) in [5.41, 5.74) is 1.94. The quantitative estimate of drug-likeness (QED) is 0.305. The molecule has 2 aromatic rings. The number of halogens is 1. The number of benzene rings is 2. The van der Waals surface area contributed by atoms with E-state index in [0.717, 1.165) is 11.3 Å². The smallest absolute Gasteiger partial charge is 0.319 e. The fraction of sp³-hybridized carbons (Fsp3) is 0.320. The van der Waals surface area contributed by atoms with Gasteiger partial charge < -0.3 is 19.5 Å². The topological polar surface area (TPSA) is 97.6 Å². The minimum absolute atomic E-state index is 0.260. The summed E-state index contributed by atoms with van der Waals surface area (Å²) < 4.78 is 16.1. The maximum Gasteiger partial charge on any atom is 0.319 e.